The molecule has 0 fully saturated rings. The van der Waals surface area contributed by atoms with Crippen molar-refractivity contribution in [3.63, 3.8) is 0 Å². The second-order valence-electron chi connectivity index (χ2n) is 6.58. The number of ether oxygens (including phenoxy) is 1. The number of hydrogen-bond acceptors (Lipinski definition) is 5. The van der Waals surface area contributed by atoms with Crippen LogP contribution in [0.3, 0.4) is 0 Å². The SMILES string of the molecule is CC[C@@H](C)c1ccccc1OCc1nnc(NC(=O)Nc2ccc(C)cc2)s1. The van der Waals surface area contributed by atoms with E-state index in [1.807, 2.05) is 49.4 Å². The lowest BCUT2D eigenvalue weighted by molar-refractivity contribution is 0.262. The summed E-state index contributed by atoms with van der Waals surface area (Å²) in [6.07, 6.45) is 1.04. The molecule has 0 unspecified atom stereocenters. The van der Waals surface area contributed by atoms with Gasteiger partial charge in [0.15, 0.2) is 5.01 Å². The predicted molar refractivity (Wildman–Crippen MR) is 113 cm³/mol. The van der Waals surface area contributed by atoms with Gasteiger partial charge in [0, 0.05) is 5.69 Å². The maximum atomic E-state index is 12.1. The number of nitrogens with one attached hydrogen (secondary N) is 2. The molecule has 7 heteroatoms. The summed E-state index contributed by atoms with van der Waals surface area (Å²) in [6, 6.07) is 15.3. The maximum Gasteiger partial charge on any atom is 0.325 e. The van der Waals surface area contributed by atoms with Gasteiger partial charge < -0.3 is 10.1 Å². The molecule has 2 N–H and O–H groups in total. The second-order valence-corrected chi connectivity index (χ2v) is 7.64. The molecular weight excluding hydrogens is 372 g/mol. The third-order valence-corrected chi connectivity index (χ3v) is 5.22. The number of nitrogens with zero attached hydrogens (tertiary/aromatic N) is 2. The third-order valence-electron chi connectivity index (χ3n) is 4.41. The molecule has 2 amide bonds. The van der Waals surface area contributed by atoms with Crippen molar-refractivity contribution in [1.29, 1.82) is 0 Å². The number of carbonyl (C=O) groups is 1. The van der Waals surface area contributed by atoms with Crippen LogP contribution >= 0.6 is 11.3 Å². The molecule has 0 aliphatic carbocycles. The van der Waals surface area contributed by atoms with Crippen LogP contribution in [-0.4, -0.2) is 16.2 Å². The van der Waals surface area contributed by atoms with E-state index in [2.05, 4.69) is 40.7 Å². The summed E-state index contributed by atoms with van der Waals surface area (Å²) in [5.74, 6) is 1.28. The molecule has 0 saturated carbocycles. The zero-order valence-corrected chi connectivity index (χ0v) is 17.0. The standard InChI is InChI=1S/C21H24N4O2S/c1-4-15(3)17-7-5-6-8-18(17)27-13-19-24-25-21(28-19)23-20(26)22-16-11-9-14(2)10-12-16/h5-12,15H,4,13H2,1-3H3,(H2,22,23,25,26)/t15-/m1/s1. The van der Waals surface area contributed by atoms with Crippen molar-refractivity contribution in [3.8, 4) is 5.75 Å². The van der Waals surface area contributed by atoms with Gasteiger partial charge in [0.1, 0.15) is 12.4 Å². The lowest BCUT2D eigenvalue weighted by Crippen LogP contribution is -2.19. The Morgan fingerprint density at radius 1 is 1.11 bits per heavy atom. The van der Waals surface area contributed by atoms with Gasteiger partial charge in [0.2, 0.25) is 5.13 Å². The summed E-state index contributed by atoms with van der Waals surface area (Å²) in [5.41, 5.74) is 3.04. The second kappa shape index (κ2) is 9.32. The highest BCUT2D eigenvalue weighted by Crippen LogP contribution is 2.29. The van der Waals surface area contributed by atoms with Crippen LogP contribution in [-0.2, 0) is 6.61 Å². The molecule has 0 spiro atoms. The summed E-state index contributed by atoms with van der Waals surface area (Å²) in [7, 11) is 0. The Balaban J connectivity index is 1.56. The zero-order valence-electron chi connectivity index (χ0n) is 16.2. The molecule has 146 valence electrons. The van der Waals surface area contributed by atoms with Crippen molar-refractivity contribution in [1.82, 2.24) is 10.2 Å². The minimum atomic E-state index is -0.352. The Hall–Kier alpha value is -2.93. The molecule has 3 rings (SSSR count). The van der Waals surface area contributed by atoms with Crippen molar-refractivity contribution in [2.24, 2.45) is 0 Å². The fourth-order valence-electron chi connectivity index (χ4n) is 2.64. The van der Waals surface area contributed by atoms with E-state index in [0.29, 0.717) is 22.7 Å². The minimum absolute atomic E-state index is 0.312. The molecule has 0 radical (unpaired) electrons. The average molecular weight is 397 g/mol. The van der Waals surface area contributed by atoms with Crippen molar-refractivity contribution >= 4 is 28.2 Å². The Morgan fingerprint density at radius 3 is 2.61 bits per heavy atom. The van der Waals surface area contributed by atoms with Gasteiger partial charge in [-0.1, -0.05) is 61.1 Å². The van der Waals surface area contributed by atoms with Gasteiger partial charge in [-0.05, 0) is 43.0 Å². The predicted octanol–water partition coefficient (Wildman–Crippen LogP) is 5.58. The van der Waals surface area contributed by atoms with Gasteiger partial charge in [0.05, 0.1) is 0 Å². The van der Waals surface area contributed by atoms with E-state index in [1.54, 1.807) is 0 Å². The first-order chi connectivity index (χ1) is 13.5. The number of para-hydroxylation sites is 1. The number of carbonyl (C=O) groups excluding carboxylic acids is 1. The zero-order chi connectivity index (χ0) is 19.9. The van der Waals surface area contributed by atoms with Gasteiger partial charge in [-0.2, -0.15) is 0 Å². The first-order valence-corrected chi connectivity index (χ1v) is 10.1. The Bertz CT molecular complexity index is 924. The minimum Gasteiger partial charge on any atom is -0.486 e. The Kier molecular flexibility index (Phi) is 6.60. The van der Waals surface area contributed by atoms with Crippen molar-refractivity contribution in [2.45, 2.75) is 39.7 Å². The number of rotatable bonds is 7. The molecule has 0 aliphatic heterocycles. The van der Waals surface area contributed by atoms with Crippen LogP contribution in [0.15, 0.2) is 48.5 Å². The van der Waals surface area contributed by atoms with Crippen LogP contribution in [0, 0.1) is 6.92 Å². The monoisotopic (exact) mass is 396 g/mol. The smallest absolute Gasteiger partial charge is 0.325 e. The van der Waals surface area contributed by atoms with E-state index in [4.69, 9.17) is 4.74 Å². The van der Waals surface area contributed by atoms with Crippen molar-refractivity contribution in [2.75, 3.05) is 10.6 Å². The molecule has 0 saturated heterocycles. The largest absolute Gasteiger partial charge is 0.486 e. The summed E-state index contributed by atoms with van der Waals surface area (Å²) in [5, 5.41) is 14.7. The number of urea groups is 1. The quantitative estimate of drug-likeness (QED) is 0.546. The van der Waals surface area contributed by atoms with Crippen molar-refractivity contribution < 1.29 is 9.53 Å². The first-order valence-electron chi connectivity index (χ1n) is 9.24. The molecular formula is C21H24N4O2S. The molecule has 2 aromatic carbocycles. The van der Waals surface area contributed by atoms with Gasteiger partial charge >= 0.3 is 6.03 Å². The number of aromatic nitrogens is 2. The van der Waals surface area contributed by atoms with E-state index < -0.39 is 0 Å². The van der Waals surface area contributed by atoms with Gasteiger partial charge in [-0.15, -0.1) is 10.2 Å². The van der Waals surface area contributed by atoms with Crippen LogP contribution in [0.5, 0.6) is 5.75 Å². The van der Waals surface area contributed by atoms with Gasteiger partial charge in [-0.3, -0.25) is 5.32 Å². The first kappa shape index (κ1) is 19.8. The summed E-state index contributed by atoms with van der Waals surface area (Å²) in [4.78, 5) is 12.1. The maximum absolute atomic E-state index is 12.1. The highest BCUT2D eigenvalue weighted by atomic mass is 32.1. The van der Waals surface area contributed by atoms with E-state index in [0.717, 1.165) is 23.4 Å². The highest BCUT2D eigenvalue weighted by molar-refractivity contribution is 7.15. The number of benzene rings is 2. The molecule has 1 atom stereocenters. The lowest BCUT2D eigenvalue weighted by Gasteiger charge is -2.14. The van der Waals surface area contributed by atoms with E-state index in [-0.39, 0.29) is 6.03 Å². The highest BCUT2D eigenvalue weighted by Gasteiger charge is 2.12. The summed E-state index contributed by atoms with van der Waals surface area (Å²) < 4.78 is 5.95. The molecule has 0 bridgehead atoms. The van der Waals surface area contributed by atoms with Crippen LogP contribution < -0.4 is 15.4 Å². The molecule has 6 nitrogen and oxygen atoms in total. The molecule has 0 aliphatic rings. The topological polar surface area (TPSA) is 76.1 Å². The summed E-state index contributed by atoms with van der Waals surface area (Å²) in [6.45, 7) is 6.65. The fraction of sp³-hybridized carbons (Fsp3) is 0.286. The van der Waals surface area contributed by atoms with E-state index in [1.165, 1.54) is 16.9 Å². The lowest BCUT2D eigenvalue weighted by atomic mass is 9.98. The number of hydrogen-bond donors (Lipinski definition) is 2. The fourth-order valence-corrected chi connectivity index (χ4v) is 3.29. The normalized spacial score (nSPS) is 11.7. The molecule has 3 aromatic rings. The number of aryl methyl sites for hydroxylation is 1. The number of anilines is 2. The van der Waals surface area contributed by atoms with Crippen molar-refractivity contribution in [3.05, 3.63) is 64.7 Å². The number of amides is 2. The third kappa shape index (κ3) is 5.29. The van der Waals surface area contributed by atoms with E-state index >= 15 is 0 Å². The van der Waals surface area contributed by atoms with Crippen LogP contribution in [0.2, 0.25) is 0 Å². The van der Waals surface area contributed by atoms with Gasteiger partial charge in [0.25, 0.3) is 0 Å². The molecule has 28 heavy (non-hydrogen) atoms. The molecule has 1 aromatic heterocycles. The Morgan fingerprint density at radius 2 is 1.86 bits per heavy atom. The van der Waals surface area contributed by atoms with Gasteiger partial charge in [-0.25, -0.2) is 4.79 Å². The Labute approximate surface area is 169 Å². The van der Waals surface area contributed by atoms with E-state index in [9.17, 15) is 4.79 Å². The summed E-state index contributed by atoms with van der Waals surface area (Å²) >= 11 is 1.29. The van der Waals surface area contributed by atoms with Crippen LogP contribution in [0.25, 0.3) is 0 Å². The van der Waals surface area contributed by atoms with Crippen LogP contribution in [0.1, 0.15) is 42.3 Å². The average Bonchev–Trinajstić information content (AvgIpc) is 3.15. The van der Waals surface area contributed by atoms with Crippen LogP contribution in [0.4, 0.5) is 15.6 Å². The molecule has 1 heterocycles.